The molecule has 0 amide bonds. The SMILES string of the molecule is COC(=O)CC(c1oc(C)cc(=O)c1O)c1cc2cccc3c2n(c1=O)CCC3. The first-order valence-corrected chi connectivity index (χ1v) is 9.46. The Bertz CT molecular complexity index is 1240. The number of carbonyl (C=O) groups excluding carboxylic acids is 1. The van der Waals surface area contributed by atoms with E-state index in [9.17, 15) is 19.5 Å². The molecule has 4 rings (SSSR count). The maximum absolute atomic E-state index is 13.4. The minimum atomic E-state index is -0.943. The number of nitrogens with zero attached hydrogens (tertiary/aromatic N) is 1. The van der Waals surface area contributed by atoms with Crippen LogP contribution in [0.4, 0.5) is 0 Å². The monoisotopic (exact) mass is 395 g/mol. The summed E-state index contributed by atoms with van der Waals surface area (Å²) in [6, 6.07) is 8.73. The molecule has 7 heteroatoms. The summed E-state index contributed by atoms with van der Waals surface area (Å²) in [5.41, 5.74) is 1.39. The topological polar surface area (TPSA) is 98.7 Å². The van der Waals surface area contributed by atoms with Gasteiger partial charge in [-0.25, -0.2) is 0 Å². The zero-order valence-corrected chi connectivity index (χ0v) is 16.2. The number of aromatic nitrogens is 1. The lowest BCUT2D eigenvalue weighted by atomic mass is 9.90. The molecule has 0 bridgehead atoms. The van der Waals surface area contributed by atoms with Crippen LogP contribution in [0.15, 0.2) is 44.3 Å². The Balaban J connectivity index is 2.01. The number of para-hydroxylation sites is 1. The van der Waals surface area contributed by atoms with Crippen LogP contribution in [0, 0.1) is 6.92 Å². The Kier molecular flexibility index (Phi) is 4.74. The molecule has 0 fully saturated rings. The van der Waals surface area contributed by atoms with Crippen molar-refractivity contribution in [3.8, 4) is 5.75 Å². The van der Waals surface area contributed by atoms with Crippen molar-refractivity contribution in [1.29, 1.82) is 0 Å². The number of aryl methyl sites for hydroxylation is 3. The fraction of sp³-hybridized carbons (Fsp3) is 0.318. The van der Waals surface area contributed by atoms with E-state index in [1.54, 1.807) is 17.6 Å². The Morgan fingerprint density at radius 2 is 2.10 bits per heavy atom. The van der Waals surface area contributed by atoms with E-state index in [-0.39, 0.29) is 29.1 Å². The lowest BCUT2D eigenvalue weighted by molar-refractivity contribution is -0.140. The number of hydrogen-bond donors (Lipinski definition) is 1. The summed E-state index contributed by atoms with van der Waals surface area (Å²) in [5.74, 6) is -1.94. The molecule has 2 aromatic heterocycles. The van der Waals surface area contributed by atoms with E-state index in [0.29, 0.717) is 6.54 Å². The number of aromatic hydroxyl groups is 1. The molecule has 0 saturated heterocycles. The number of pyridine rings is 1. The van der Waals surface area contributed by atoms with Crippen LogP contribution in [0.3, 0.4) is 0 Å². The normalized spacial score (nSPS) is 14.0. The molecule has 0 aliphatic carbocycles. The smallest absolute Gasteiger partial charge is 0.306 e. The molecule has 29 heavy (non-hydrogen) atoms. The van der Waals surface area contributed by atoms with Crippen LogP contribution >= 0.6 is 0 Å². The summed E-state index contributed by atoms with van der Waals surface area (Å²) in [7, 11) is 1.24. The fourth-order valence-electron chi connectivity index (χ4n) is 4.09. The van der Waals surface area contributed by atoms with Crippen molar-refractivity contribution >= 4 is 16.9 Å². The molecule has 1 N–H and O–H groups in total. The quantitative estimate of drug-likeness (QED) is 0.682. The van der Waals surface area contributed by atoms with Crippen molar-refractivity contribution in [1.82, 2.24) is 4.57 Å². The van der Waals surface area contributed by atoms with Gasteiger partial charge in [0.25, 0.3) is 5.56 Å². The van der Waals surface area contributed by atoms with Gasteiger partial charge in [-0.05, 0) is 36.8 Å². The third-order valence-corrected chi connectivity index (χ3v) is 5.41. The van der Waals surface area contributed by atoms with E-state index >= 15 is 0 Å². The van der Waals surface area contributed by atoms with Crippen molar-refractivity contribution < 1.29 is 19.1 Å². The predicted octanol–water partition coefficient (Wildman–Crippen LogP) is 2.61. The molecule has 3 aromatic rings. The van der Waals surface area contributed by atoms with Crippen LogP contribution in [-0.2, 0) is 22.5 Å². The number of benzene rings is 1. The minimum Gasteiger partial charge on any atom is -0.502 e. The molecule has 0 spiro atoms. The van der Waals surface area contributed by atoms with Gasteiger partial charge in [0.15, 0.2) is 5.76 Å². The third kappa shape index (κ3) is 3.22. The first kappa shape index (κ1) is 19.0. The lowest BCUT2D eigenvalue weighted by Gasteiger charge is -2.23. The molecule has 1 atom stereocenters. The summed E-state index contributed by atoms with van der Waals surface area (Å²) >= 11 is 0. The van der Waals surface area contributed by atoms with Crippen molar-refractivity contribution in [3.63, 3.8) is 0 Å². The first-order valence-electron chi connectivity index (χ1n) is 9.46. The third-order valence-electron chi connectivity index (χ3n) is 5.41. The summed E-state index contributed by atoms with van der Waals surface area (Å²) in [6.45, 7) is 2.14. The molecular weight excluding hydrogens is 374 g/mol. The van der Waals surface area contributed by atoms with E-state index in [2.05, 4.69) is 0 Å². The number of hydrogen-bond acceptors (Lipinski definition) is 6. The van der Waals surface area contributed by atoms with Gasteiger partial charge in [-0.1, -0.05) is 18.2 Å². The summed E-state index contributed by atoms with van der Waals surface area (Å²) in [6.07, 6.45) is 1.49. The average Bonchev–Trinajstić information content (AvgIpc) is 2.71. The zero-order valence-electron chi connectivity index (χ0n) is 16.2. The van der Waals surface area contributed by atoms with E-state index in [4.69, 9.17) is 9.15 Å². The van der Waals surface area contributed by atoms with Crippen LogP contribution in [0.2, 0.25) is 0 Å². The first-order chi connectivity index (χ1) is 13.9. The maximum Gasteiger partial charge on any atom is 0.306 e. The molecule has 150 valence electrons. The molecule has 1 aromatic carbocycles. The largest absolute Gasteiger partial charge is 0.502 e. The minimum absolute atomic E-state index is 0.100. The Labute approximate surface area is 166 Å². The Morgan fingerprint density at radius 1 is 1.31 bits per heavy atom. The van der Waals surface area contributed by atoms with Gasteiger partial charge in [0, 0.05) is 18.2 Å². The van der Waals surface area contributed by atoms with E-state index in [1.165, 1.54) is 7.11 Å². The predicted molar refractivity (Wildman–Crippen MR) is 106 cm³/mol. The highest BCUT2D eigenvalue weighted by atomic mass is 16.5. The van der Waals surface area contributed by atoms with Gasteiger partial charge in [-0.2, -0.15) is 0 Å². The zero-order chi connectivity index (χ0) is 20.7. The van der Waals surface area contributed by atoms with Gasteiger partial charge < -0.3 is 18.8 Å². The van der Waals surface area contributed by atoms with Crippen LogP contribution in [0.5, 0.6) is 5.75 Å². The maximum atomic E-state index is 13.4. The number of ether oxygens (including phenoxy) is 1. The van der Waals surface area contributed by atoms with Gasteiger partial charge in [0.2, 0.25) is 11.2 Å². The standard InChI is InChI=1S/C22H21NO6/c1-12-9-17(24)20(26)21(29-12)15(11-18(25)28-2)16-10-14-6-3-5-13-7-4-8-23(19(13)14)22(16)27/h3,5-6,9-10,15,26H,4,7-8,11H2,1-2H3. The highest BCUT2D eigenvalue weighted by Crippen LogP contribution is 2.34. The van der Waals surface area contributed by atoms with Crippen LogP contribution in [0.1, 0.15) is 41.4 Å². The number of methoxy groups -OCH3 is 1. The second-order valence-electron chi connectivity index (χ2n) is 7.28. The van der Waals surface area contributed by atoms with Crippen LogP contribution < -0.4 is 11.0 Å². The van der Waals surface area contributed by atoms with Crippen LogP contribution in [0.25, 0.3) is 10.9 Å². The summed E-state index contributed by atoms with van der Waals surface area (Å²) in [5, 5.41) is 11.2. The molecule has 7 nitrogen and oxygen atoms in total. The van der Waals surface area contributed by atoms with Crippen molar-refractivity contribution in [2.75, 3.05) is 7.11 Å². The molecular formula is C22H21NO6. The molecule has 0 radical (unpaired) electrons. The van der Waals surface area contributed by atoms with Gasteiger partial charge in [-0.3, -0.25) is 14.4 Å². The second kappa shape index (κ2) is 7.24. The van der Waals surface area contributed by atoms with Crippen molar-refractivity contribution in [2.45, 2.75) is 38.6 Å². The summed E-state index contributed by atoms with van der Waals surface area (Å²) < 4.78 is 12.1. The van der Waals surface area contributed by atoms with Crippen molar-refractivity contribution in [3.05, 3.63) is 73.6 Å². The number of esters is 1. The van der Waals surface area contributed by atoms with Crippen molar-refractivity contribution in [2.24, 2.45) is 0 Å². The molecule has 1 aliphatic rings. The van der Waals surface area contributed by atoms with Gasteiger partial charge in [0.05, 0.1) is 25.0 Å². The van der Waals surface area contributed by atoms with Gasteiger partial charge >= 0.3 is 5.97 Å². The molecule has 1 unspecified atom stereocenters. The molecule has 1 aliphatic heterocycles. The number of carbonyl (C=O) groups is 1. The summed E-state index contributed by atoms with van der Waals surface area (Å²) in [4.78, 5) is 37.6. The van der Waals surface area contributed by atoms with E-state index in [0.717, 1.165) is 35.4 Å². The Hall–Kier alpha value is -3.35. The fourth-order valence-corrected chi connectivity index (χ4v) is 4.09. The van der Waals surface area contributed by atoms with Gasteiger partial charge in [-0.15, -0.1) is 0 Å². The number of rotatable bonds is 4. The molecule has 0 saturated carbocycles. The van der Waals surface area contributed by atoms with E-state index in [1.807, 2.05) is 18.2 Å². The highest BCUT2D eigenvalue weighted by Gasteiger charge is 2.30. The average molecular weight is 395 g/mol. The highest BCUT2D eigenvalue weighted by molar-refractivity contribution is 5.84. The Morgan fingerprint density at radius 3 is 2.86 bits per heavy atom. The second-order valence-corrected chi connectivity index (χ2v) is 7.28. The lowest BCUT2D eigenvalue weighted by Crippen LogP contribution is -2.30. The van der Waals surface area contributed by atoms with Gasteiger partial charge in [0.1, 0.15) is 5.76 Å². The van der Waals surface area contributed by atoms with E-state index < -0.39 is 23.1 Å². The van der Waals surface area contributed by atoms with Crippen LogP contribution in [-0.4, -0.2) is 22.8 Å². The molecule has 3 heterocycles.